The van der Waals surface area contributed by atoms with Crippen molar-refractivity contribution in [3.63, 3.8) is 0 Å². The summed E-state index contributed by atoms with van der Waals surface area (Å²) in [4.78, 5) is 24.1. The Morgan fingerprint density at radius 2 is 1.96 bits per heavy atom. The molecule has 7 nitrogen and oxygen atoms in total. The summed E-state index contributed by atoms with van der Waals surface area (Å²) in [5, 5.41) is 7.02. The van der Waals surface area contributed by atoms with Crippen molar-refractivity contribution in [3.05, 3.63) is 61.2 Å². The summed E-state index contributed by atoms with van der Waals surface area (Å²) >= 11 is 0. The van der Waals surface area contributed by atoms with Gasteiger partial charge in [-0.3, -0.25) is 9.48 Å². The molecule has 2 N–H and O–H groups in total. The molecule has 26 heavy (non-hydrogen) atoms. The van der Waals surface area contributed by atoms with Gasteiger partial charge in [0, 0.05) is 18.5 Å². The lowest BCUT2D eigenvalue weighted by molar-refractivity contribution is -0.116. The van der Waals surface area contributed by atoms with E-state index in [4.69, 9.17) is 0 Å². The number of aromatic amines is 1. The number of fused-ring (bicyclic) bond motifs is 1. The number of aryl methyl sites for hydroxylation is 1. The smallest absolute Gasteiger partial charge is 0.224 e. The largest absolute Gasteiger partial charge is 0.338 e. The normalized spacial score (nSPS) is 10.9. The molecule has 0 fully saturated rings. The summed E-state index contributed by atoms with van der Waals surface area (Å²) < 4.78 is 1.72. The minimum atomic E-state index is -0.0336. The van der Waals surface area contributed by atoms with Gasteiger partial charge < -0.3 is 10.3 Å². The topological polar surface area (TPSA) is 88.5 Å². The summed E-state index contributed by atoms with van der Waals surface area (Å²) in [5.74, 6) is 0.707. The number of anilines is 1. The van der Waals surface area contributed by atoms with Crippen LogP contribution in [0.3, 0.4) is 0 Å². The summed E-state index contributed by atoms with van der Waals surface area (Å²) in [7, 11) is 0. The van der Waals surface area contributed by atoms with Gasteiger partial charge in [0.2, 0.25) is 5.91 Å². The maximum absolute atomic E-state index is 12.3. The number of nitrogens with zero attached hydrogens (tertiary/aromatic N) is 4. The first-order valence-electron chi connectivity index (χ1n) is 8.46. The van der Waals surface area contributed by atoms with Gasteiger partial charge in [-0.05, 0) is 30.7 Å². The van der Waals surface area contributed by atoms with Crippen molar-refractivity contribution >= 4 is 22.6 Å². The molecule has 0 aliphatic heterocycles. The lowest BCUT2D eigenvalue weighted by Crippen LogP contribution is -2.13. The number of nitrogens with one attached hydrogen (secondary N) is 2. The summed E-state index contributed by atoms with van der Waals surface area (Å²) in [6.07, 6.45) is 4.24. The van der Waals surface area contributed by atoms with E-state index in [0.29, 0.717) is 19.4 Å². The number of hydrogen-bond donors (Lipinski definition) is 2. The third kappa shape index (κ3) is 3.46. The van der Waals surface area contributed by atoms with Crippen LogP contribution >= 0.6 is 0 Å². The number of H-pyrrole nitrogens is 1. The highest BCUT2D eigenvalue weighted by Crippen LogP contribution is 2.27. The summed E-state index contributed by atoms with van der Waals surface area (Å²) in [5.41, 5.74) is 3.48. The number of imidazole rings is 1. The van der Waals surface area contributed by atoms with Gasteiger partial charge in [0.15, 0.2) is 0 Å². The number of carbonyl (C=O) groups excluding carboxylic acids is 1. The molecule has 4 aromatic rings. The Kier molecular flexibility index (Phi) is 4.42. The standard InChI is InChI=1S/C19H18N6O/c26-18(10-5-11-25-13-20-12-21-25)22-15-7-2-1-6-14(15)19-23-16-8-3-4-9-17(16)24-19/h1-4,6-9,12-13H,5,10-11H2,(H,22,26)(H,23,24). The number of amides is 1. The number of benzene rings is 2. The highest BCUT2D eigenvalue weighted by molar-refractivity contribution is 5.95. The van der Waals surface area contributed by atoms with E-state index in [1.54, 1.807) is 11.0 Å². The molecule has 130 valence electrons. The third-order valence-electron chi connectivity index (χ3n) is 4.10. The molecule has 2 aromatic carbocycles. The van der Waals surface area contributed by atoms with Gasteiger partial charge in [-0.2, -0.15) is 5.10 Å². The molecule has 0 unspecified atom stereocenters. The average molecular weight is 346 g/mol. The van der Waals surface area contributed by atoms with Crippen LogP contribution in [0.15, 0.2) is 61.2 Å². The Bertz CT molecular complexity index is 988. The van der Waals surface area contributed by atoms with Crippen molar-refractivity contribution in [1.29, 1.82) is 0 Å². The predicted octanol–water partition coefficient (Wildman–Crippen LogP) is 3.24. The van der Waals surface area contributed by atoms with Gasteiger partial charge in [0.25, 0.3) is 0 Å². The van der Waals surface area contributed by atoms with E-state index in [0.717, 1.165) is 28.1 Å². The number of hydrogen-bond acceptors (Lipinski definition) is 4. The number of rotatable bonds is 6. The second-order valence-electron chi connectivity index (χ2n) is 5.96. The van der Waals surface area contributed by atoms with E-state index >= 15 is 0 Å². The van der Waals surface area contributed by atoms with Crippen molar-refractivity contribution in [2.24, 2.45) is 0 Å². The quantitative estimate of drug-likeness (QED) is 0.561. The van der Waals surface area contributed by atoms with Crippen LogP contribution in [0.4, 0.5) is 5.69 Å². The van der Waals surface area contributed by atoms with Gasteiger partial charge in [-0.15, -0.1) is 0 Å². The average Bonchev–Trinajstić information content (AvgIpc) is 3.31. The maximum Gasteiger partial charge on any atom is 0.224 e. The fourth-order valence-electron chi connectivity index (χ4n) is 2.84. The van der Waals surface area contributed by atoms with Gasteiger partial charge in [-0.25, -0.2) is 9.97 Å². The molecule has 2 aromatic heterocycles. The van der Waals surface area contributed by atoms with E-state index in [2.05, 4.69) is 25.4 Å². The van der Waals surface area contributed by atoms with Crippen molar-refractivity contribution in [2.45, 2.75) is 19.4 Å². The second-order valence-corrected chi connectivity index (χ2v) is 5.96. The first kappa shape index (κ1) is 16.0. The fourth-order valence-corrected chi connectivity index (χ4v) is 2.84. The van der Waals surface area contributed by atoms with Crippen LogP contribution < -0.4 is 5.32 Å². The SMILES string of the molecule is O=C(CCCn1cncn1)Nc1ccccc1-c1nc2ccccc2[nH]1. The summed E-state index contributed by atoms with van der Waals surface area (Å²) in [6, 6.07) is 15.5. The minimum absolute atomic E-state index is 0.0336. The zero-order valence-electron chi connectivity index (χ0n) is 14.1. The first-order chi connectivity index (χ1) is 12.8. The van der Waals surface area contributed by atoms with E-state index < -0.39 is 0 Å². The third-order valence-corrected chi connectivity index (χ3v) is 4.10. The zero-order valence-corrected chi connectivity index (χ0v) is 14.1. The minimum Gasteiger partial charge on any atom is -0.338 e. The van der Waals surface area contributed by atoms with Crippen LogP contribution in [0, 0.1) is 0 Å². The molecule has 2 heterocycles. The van der Waals surface area contributed by atoms with E-state index in [1.807, 2.05) is 48.5 Å². The Morgan fingerprint density at radius 3 is 2.81 bits per heavy atom. The monoisotopic (exact) mass is 346 g/mol. The van der Waals surface area contributed by atoms with Crippen molar-refractivity contribution in [1.82, 2.24) is 24.7 Å². The fraction of sp³-hybridized carbons (Fsp3) is 0.158. The van der Waals surface area contributed by atoms with Crippen LogP contribution in [-0.4, -0.2) is 30.6 Å². The highest BCUT2D eigenvalue weighted by Gasteiger charge is 2.11. The molecule has 0 saturated carbocycles. The molecule has 0 saturated heterocycles. The molecule has 1 amide bonds. The molecule has 0 radical (unpaired) electrons. The predicted molar refractivity (Wildman–Crippen MR) is 99.4 cm³/mol. The second kappa shape index (κ2) is 7.18. The Balaban J connectivity index is 1.47. The molecule has 4 rings (SSSR count). The van der Waals surface area contributed by atoms with Crippen molar-refractivity contribution < 1.29 is 4.79 Å². The molecular formula is C19H18N6O. The van der Waals surface area contributed by atoms with Crippen LogP contribution in [0.1, 0.15) is 12.8 Å². The lowest BCUT2D eigenvalue weighted by Gasteiger charge is -2.09. The van der Waals surface area contributed by atoms with Gasteiger partial charge in [0.1, 0.15) is 18.5 Å². The molecule has 7 heteroatoms. The van der Waals surface area contributed by atoms with E-state index in [9.17, 15) is 4.79 Å². The molecule has 0 atom stereocenters. The lowest BCUT2D eigenvalue weighted by atomic mass is 10.1. The van der Waals surface area contributed by atoms with Crippen molar-refractivity contribution in [3.8, 4) is 11.4 Å². The number of aromatic nitrogens is 5. The van der Waals surface area contributed by atoms with Crippen LogP contribution in [0.25, 0.3) is 22.4 Å². The molecule has 0 aliphatic rings. The van der Waals surface area contributed by atoms with E-state index in [1.165, 1.54) is 6.33 Å². The van der Waals surface area contributed by atoms with Crippen LogP contribution in [0.5, 0.6) is 0 Å². The summed E-state index contributed by atoms with van der Waals surface area (Å²) in [6.45, 7) is 0.665. The van der Waals surface area contributed by atoms with Gasteiger partial charge in [0.05, 0.1) is 16.7 Å². The molecule has 0 spiro atoms. The zero-order chi connectivity index (χ0) is 17.8. The number of para-hydroxylation sites is 3. The Morgan fingerprint density at radius 1 is 1.12 bits per heavy atom. The van der Waals surface area contributed by atoms with Gasteiger partial charge in [-0.1, -0.05) is 24.3 Å². The Hall–Kier alpha value is -3.48. The van der Waals surface area contributed by atoms with Crippen LogP contribution in [-0.2, 0) is 11.3 Å². The molecule has 0 bridgehead atoms. The maximum atomic E-state index is 12.3. The van der Waals surface area contributed by atoms with E-state index in [-0.39, 0.29) is 5.91 Å². The highest BCUT2D eigenvalue weighted by atomic mass is 16.1. The molecular weight excluding hydrogens is 328 g/mol. The first-order valence-corrected chi connectivity index (χ1v) is 8.46. The molecule has 0 aliphatic carbocycles. The number of carbonyl (C=O) groups is 1. The van der Waals surface area contributed by atoms with Crippen molar-refractivity contribution in [2.75, 3.05) is 5.32 Å². The Labute approximate surface area is 150 Å². The van der Waals surface area contributed by atoms with Crippen LogP contribution in [0.2, 0.25) is 0 Å². The van der Waals surface area contributed by atoms with Gasteiger partial charge >= 0.3 is 0 Å².